The molecule has 1 atom stereocenters. The van der Waals surface area contributed by atoms with Crippen LogP contribution in [0.25, 0.3) is 22.0 Å². The minimum atomic E-state index is -0.110. The topological polar surface area (TPSA) is 44.4 Å². The van der Waals surface area contributed by atoms with Gasteiger partial charge in [0.25, 0.3) is 5.56 Å². The number of hydrogen-bond donors (Lipinski definition) is 0. The van der Waals surface area contributed by atoms with Crippen LogP contribution < -0.4 is 5.56 Å². The van der Waals surface area contributed by atoms with Gasteiger partial charge in [-0.2, -0.15) is 0 Å². The number of furan rings is 1. The van der Waals surface area contributed by atoms with Gasteiger partial charge >= 0.3 is 0 Å². The number of benzene rings is 1. The van der Waals surface area contributed by atoms with Crippen molar-refractivity contribution in [1.29, 1.82) is 0 Å². The average Bonchev–Trinajstić information content (AvgIpc) is 3.30. The van der Waals surface area contributed by atoms with Crippen molar-refractivity contribution in [2.45, 2.75) is 25.5 Å². The predicted molar refractivity (Wildman–Crippen MR) is 109 cm³/mol. The summed E-state index contributed by atoms with van der Waals surface area (Å²) in [7, 11) is 0. The van der Waals surface area contributed by atoms with E-state index in [0.717, 1.165) is 40.1 Å². The Morgan fingerprint density at radius 3 is 2.65 bits per heavy atom. The van der Waals surface area contributed by atoms with Crippen molar-refractivity contribution in [3.05, 3.63) is 61.2 Å². The number of nitrogens with zero attached hydrogens (tertiary/aromatic N) is 1. The van der Waals surface area contributed by atoms with Gasteiger partial charge in [0.15, 0.2) is 3.95 Å². The maximum atomic E-state index is 12.5. The second kappa shape index (κ2) is 7.60. The number of halogens is 1. The normalized spacial score (nSPS) is 16.9. The van der Waals surface area contributed by atoms with E-state index in [2.05, 4.69) is 15.9 Å². The summed E-state index contributed by atoms with van der Waals surface area (Å²) in [5.41, 5.74) is 0.871. The average molecular weight is 450 g/mol. The summed E-state index contributed by atoms with van der Waals surface area (Å²) >= 11 is 10.3. The van der Waals surface area contributed by atoms with Gasteiger partial charge in [0.1, 0.15) is 11.5 Å². The van der Waals surface area contributed by atoms with Gasteiger partial charge in [-0.3, -0.25) is 9.36 Å². The Balaban J connectivity index is 1.63. The van der Waals surface area contributed by atoms with Crippen molar-refractivity contribution in [2.24, 2.45) is 0 Å². The second-order valence-corrected chi connectivity index (χ2v) is 8.72. The molecule has 0 aliphatic carbocycles. The summed E-state index contributed by atoms with van der Waals surface area (Å²) in [6, 6.07) is 13.3. The Hall–Kier alpha value is -1.54. The molecule has 1 aromatic carbocycles. The molecule has 7 heteroatoms. The third-order valence-electron chi connectivity index (χ3n) is 4.33. The fraction of sp³-hybridized carbons (Fsp3) is 0.263. The lowest BCUT2D eigenvalue weighted by atomic mass is 10.2. The van der Waals surface area contributed by atoms with Crippen molar-refractivity contribution in [3.8, 4) is 22.0 Å². The molecule has 1 aliphatic rings. The molecular formula is C19H16BrNO3S2. The third kappa shape index (κ3) is 3.76. The predicted octanol–water partition coefficient (Wildman–Crippen LogP) is 5.51. The molecule has 0 saturated carbocycles. The molecule has 1 aliphatic heterocycles. The highest BCUT2D eigenvalue weighted by Gasteiger charge is 2.18. The van der Waals surface area contributed by atoms with Gasteiger partial charge in [0, 0.05) is 22.7 Å². The van der Waals surface area contributed by atoms with E-state index < -0.39 is 0 Å². The summed E-state index contributed by atoms with van der Waals surface area (Å²) in [4.78, 5) is 13.3. The minimum Gasteiger partial charge on any atom is -0.455 e. The zero-order chi connectivity index (χ0) is 18.1. The van der Waals surface area contributed by atoms with Crippen LogP contribution in [0.2, 0.25) is 0 Å². The molecule has 4 nitrogen and oxygen atoms in total. The number of rotatable bonds is 4. The van der Waals surface area contributed by atoms with E-state index in [9.17, 15) is 4.79 Å². The molecule has 0 N–H and O–H groups in total. The van der Waals surface area contributed by atoms with E-state index in [1.807, 2.05) is 36.4 Å². The molecular weight excluding hydrogens is 434 g/mol. The van der Waals surface area contributed by atoms with Crippen LogP contribution in [0.15, 0.2) is 56.1 Å². The Labute approximate surface area is 168 Å². The third-order valence-corrected chi connectivity index (χ3v) is 6.26. The van der Waals surface area contributed by atoms with Gasteiger partial charge < -0.3 is 9.15 Å². The maximum Gasteiger partial charge on any atom is 0.253 e. The monoisotopic (exact) mass is 449 g/mol. The molecule has 26 heavy (non-hydrogen) atoms. The smallest absolute Gasteiger partial charge is 0.253 e. The lowest BCUT2D eigenvalue weighted by Gasteiger charge is -2.11. The SMILES string of the molecule is O=c1cc(-c2ccc(-c3ccc(Br)cc3)o2)sc(=S)n1CC1CCCO1. The van der Waals surface area contributed by atoms with Gasteiger partial charge in [0.2, 0.25) is 0 Å². The van der Waals surface area contributed by atoms with Crippen LogP contribution >= 0.6 is 39.5 Å². The Kier molecular flexibility index (Phi) is 5.22. The van der Waals surface area contributed by atoms with Crippen LogP contribution in [0.3, 0.4) is 0 Å². The summed E-state index contributed by atoms with van der Waals surface area (Å²) in [5.74, 6) is 1.41. The molecule has 3 aromatic rings. The first-order valence-corrected chi connectivity index (χ1v) is 10.3. The van der Waals surface area contributed by atoms with Crippen molar-refractivity contribution in [3.63, 3.8) is 0 Å². The molecule has 134 valence electrons. The van der Waals surface area contributed by atoms with Gasteiger partial charge in [-0.15, -0.1) is 11.3 Å². The zero-order valence-corrected chi connectivity index (χ0v) is 17.0. The van der Waals surface area contributed by atoms with Crippen molar-refractivity contribution in [1.82, 2.24) is 4.57 Å². The summed E-state index contributed by atoms with van der Waals surface area (Å²) in [6.45, 7) is 1.29. The molecule has 0 amide bonds. The molecule has 3 heterocycles. The molecule has 1 fully saturated rings. The number of ether oxygens (including phenoxy) is 1. The van der Waals surface area contributed by atoms with Gasteiger partial charge in [-0.05, 0) is 49.3 Å². The molecule has 1 saturated heterocycles. The van der Waals surface area contributed by atoms with Crippen molar-refractivity contribution in [2.75, 3.05) is 6.61 Å². The highest BCUT2D eigenvalue weighted by Crippen LogP contribution is 2.31. The summed E-state index contributed by atoms with van der Waals surface area (Å²) in [5, 5.41) is 0. The first-order chi connectivity index (χ1) is 12.6. The van der Waals surface area contributed by atoms with E-state index in [1.165, 1.54) is 11.3 Å². The molecule has 0 radical (unpaired) electrons. The lowest BCUT2D eigenvalue weighted by molar-refractivity contribution is 0.0961. The van der Waals surface area contributed by atoms with Gasteiger partial charge in [-0.1, -0.05) is 28.1 Å². The highest BCUT2D eigenvalue weighted by molar-refractivity contribution is 9.10. The molecule has 0 bridgehead atoms. The van der Waals surface area contributed by atoms with E-state index >= 15 is 0 Å². The number of hydrogen-bond acceptors (Lipinski definition) is 5. The summed E-state index contributed by atoms with van der Waals surface area (Å²) in [6.07, 6.45) is 2.10. The fourth-order valence-corrected chi connectivity index (χ4v) is 4.51. The number of aromatic nitrogens is 1. The minimum absolute atomic E-state index is 0.0834. The first kappa shape index (κ1) is 17.9. The van der Waals surface area contributed by atoms with Crippen molar-refractivity contribution >= 4 is 39.5 Å². The fourth-order valence-electron chi connectivity index (χ4n) is 2.98. The summed E-state index contributed by atoms with van der Waals surface area (Å²) < 4.78 is 14.8. The Morgan fingerprint density at radius 2 is 1.96 bits per heavy atom. The first-order valence-electron chi connectivity index (χ1n) is 8.33. The van der Waals surface area contributed by atoms with E-state index in [0.29, 0.717) is 16.3 Å². The Bertz CT molecular complexity index is 999. The molecule has 2 aromatic heterocycles. The van der Waals surface area contributed by atoms with Crippen LogP contribution in [0.1, 0.15) is 12.8 Å². The van der Waals surface area contributed by atoms with Gasteiger partial charge in [0.05, 0.1) is 17.5 Å². The highest BCUT2D eigenvalue weighted by atomic mass is 79.9. The van der Waals surface area contributed by atoms with Crippen LogP contribution in [-0.2, 0) is 11.3 Å². The molecule has 4 rings (SSSR count). The Morgan fingerprint density at radius 1 is 1.19 bits per heavy atom. The maximum absolute atomic E-state index is 12.5. The van der Waals surface area contributed by atoms with Crippen LogP contribution in [-0.4, -0.2) is 17.3 Å². The van der Waals surface area contributed by atoms with E-state index in [4.69, 9.17) is 21.4 Å². The quantitative estimate of drug-likeness (QED) is 0.492. The lowest BCUT2D eigenvalue weighted by Crippen LogP contribution is -2.25. The van der Waals surface area contributed by atoms with E-state index in [1.54, 1.807) is 10.6 Å². The van der Waals surface area contributed by atoms with Crippen LogP contribution in [0, 0.1) is 3.95 Å². The van der Waals surface area contributed by atoms with Crippen LogP contribution in [0.5, 0.6) is 0 Å². The standard InChI is InChI=1S/C19H16BrNO3S2/c20-13-5-3-12(4-6-13)15-7-8-16(24-15)17-10-18(22)21(19(25)26-17)11-14-2-1-9-23-14/h3-8,10,14H,1-2,9,11H2. The largest absolute Gasteiger partial charge is 0.455 e. The molecule has 0 spiro atoms. The molecule has 1 unspecified atom stereocenters. The van der Waals surface area contributed by atoms with Crippen molar-refractivity contribution < 1.29 is 9.15 Å². The second-order valence-electron chi connectivity index (χ2n) is 6.13. The van der Waals surface area contributed by atoms with E-state index in [-0.39, 0.29) is 11.7 Å². The zero-order valence-electron chi connectivity index (χ0n) is 13.8. The van der Waals surface area contributed by atoms with Crippen LogP contribution in [0.4, 0.5) is 0 Å². The van der Waals surface area contributed by atoms with Gasteiger partial charge in [-0.25, -0.2) is 0 Å².